The average Bonchev–Trinajstić information content (AvgIpc) is 3.05. The van der Waals surface area contributed by atoms with E-state index in [-0.39, 0.29) is 19.4 Å². The number of allylic oxidation sites excluding steroid dienone is 8. The van der Waals surface area contributed by atoms with E-state index in [1.165, 1.54) is 77.0 Å². The molecule has 0 spiro atoms. The van der Waals surface area contributed by atoms with Gasteiger partial charge in [0, 0.05) is 12.8 Å². The highest BCUT2D eigenvalue weighted by Crippen LogP contribution is 2.36. The Morgan fingerprint density at radius 1 is 0.542 bits per heavy atom. The van der Waals surface area contributed by atoms with Crippen molar-refractivity contribution in [2.45, 2.75) is 174 Å². The summed E-state index contributed by atoms with van der Waals surface area (Å²) in [6, 6.07) is 0. The third kappa shape index (κ3) is 36.8. The lowest BCUT2D eigenvalue weighted by molar-refractivity contribution is -0.161. The van der Waals surface area contributed by atoms with Crippen LogP contribution in [-0.2, 0) is 28.2 Å². The van der Waals surface area contributed by atoms with Gasteiger partial charge in [0.15, 0.2) is 6.10 Å². The molecule has 0 heterocycles. The number of phosphoric acid groups is 1. The van der Waals surface area contributed by atoms with Crippen LogP contribution in [0.5, 0.6) is 0 Å². The van der Waals surface area contributed by atoms with Gasteiger partial charge in [0.05, 0.1) is 6.61 Å². The molecule has 2 N–H and O–H groups in total. The van der Waals surface area contributed by atoms with Crippen molar-refractivity contribution in [1.29, 1.82) is 0 Å². The van der Waals surface area contributed by atoms with Gasteiger partial charge in [-0.1, -0.05) is 127 Å². The zero-order valence-corrected chi connectivity index (χ0v) is 31.3. The van der Waals surface area contributed by atoms with Crippen molar-refractivity contribution in [3.63, 3.8) is 0 Å². The predicted octanol–water partition coefficient (Wildman–Crippen LogP) is 11.2. The van der Waals surface area contributed by atoms with Gasteiger partial charge in [0.2, 0.25) is 0 Å². The molecule has 0 fully saturated rings. The fraction of sp³-hybridized carbons (Fsp3) is 0.744. The van der Waals surface area contributed by atoms with E-state index in [2.05, 4.69) is 67.0 Å². The van der Waals surface area contributed by atoms with Crippen LogP contribution in [0.4, 0.5) is 0 Å². The van der Waals surface area contributed by atoms with E-state index in [0.717, 1.165) is 51.4 Å². The number of rotatable bonds is 34. The zero-order chi connectivity index (χ0) is 35.4. The van der Waals surface area contributed by atoms with Gasteiger partial charge in [-0.25, -0.2) is 4.57 Å². The fourth-order valence-corrected chi connectivity index (χ4v) is 5.32. The van der Waals surface area contributed by atoms with Gasteiger partial charge in [0.25, 0.3) is 0 Å². The summed E-state index contributed by atoms with van der Waals surface area (Å²) < 4.78 is 26.2. The number of carbonyl (C=O) groups excluding carboxylic acids is 2. The second-order valence-electron chi connectivity index (χ2n) is 12.5. The number of hydrogen-bond acceptors (Lipinski definition) is 6. The van der Waals surface area contributed by atoms with Gasteiger partial charge in [-0.05, 0) is 77.0 Å². The van der Waals surface area contributed by atoms with Crippen molar-refractivity contribution in [3.05, 3.63) is 48.6 Å². The first-order valence-corrected chi connectivity index (χ1v) is 20.5. The van der Waals surface area contributed by atoms with Crippen molar-refractivity contribution in [1.82, 2.24) is 0 Å². The van der Waals surface area contributed by atoms with Gasteiger partial charge >= 0.3 is 19.8 Å². The topological polar surface area (TPSA) is 119 Å². The number of unbranched alkanes of at least 4 members (excludes halogenated alkanes) is 16. The Kier molecular flexibility index (Phi) is 33.4. The molecule has 0 amide bonds. The van der Waals surface area contributed by atoms with E-state index >= 15 is 0 Å². The van der Waals surface area contributed by atoms with Crippen molar-refractivity contribution < 1.29 is 37.9 Å². The quantitative estimate of drug-likeness (QED) is 0.0295. The summed E-state index contributed by atoms with van der Waals surface area (Å²) in [4.78, 5) is 42.7. The lowest BCUT2D eigenvalue weighted by atomic mass is 10.1. The van der Waals surface area contributed by atoms with Crippen LogP contribution in [0.2, 0.25) is 0 Å². The SMILES string of the molecule is CCCCC/C=C/C/C=C/C/C=C/CCCCC(=O)OC[C@H](COP(=O)(O)O)OC(=O)CCCC/C=C/CCCCCCCCCCC. The smallest absolute Gasteiger partial charge is 0.462 e. The molecule has 9 heteroatoms. The molecule has 0 radical (unpaired) electrons. The molecule has 0 aliphatic heterocycles. The van der Waals surface area contributed by atoms with Gasteiger partial charge in [0.1, 0.15) is 6.61 Å². The van der Waals surface area contributed by atoms with E-state index in [4.69, 9.17) is 19.3 Å². The summed E-state index contributed by atoms with van der Waals surface area (Å²) in [5.74, 6) is -0.958. The van der Waals surface area contributed by atoms with Crippen LogP contribution in [-0.4, -0.2) is 41.0 Å². The first-order valence-electron chi connectivity index (χ1n) is 18.9. The van der Waals surface area contributed by atoms with E-state index < -0.39 is 32.5 Å². The van der Waals surface area contributed by atoms with Crippen molar-refractivity contribution >= 4 is 19.8 Å². The minimum atomic E-state index is -4.76. The Morgan fingerprint density at radius 3 is 1.46 bits per heavy atom. The largest absolute Gasteiger partial charge is 0.469 e. The average molecular weight is 697 g/mol. The lowest BCUT2D eigenvalue weighted by Crippen LogP contribution is -2.29. The summed E-state index contributed by atoms with van der Waals surface area (Å²) in [6.07, 6.45) is 41.2. The van der Waals surface area contributed by atoms with Gasteiger partial charge in [-0.3, -0.25) is 14.1 Å². The van der Waals surface area contributed by atoms with Gasteiger partial charge < -0.3 is 19.3 Å². The predicted molar refractivity (Wildman–Crippen MR) is 198 cm³/mol. The summed E-state index contributed by atoms with van der Waals surface area (Å²) in [5.41, 5.74) is 0. The number of esters is 2. The summed E-state index contributed by atoms with van der Waals surface area (Å²) >= 11 is 0. The first kappa shape index (κ1) is 46.0. The maximum Gasteiger partial charge on any atom is 0.469 e. The van der Waals surface area contributed by atoms with Gasteiger partial charge in [-0.2, -0.15) is 0 Å². The maximum absolute atomic E-state index is 12.3. The Balaban J connectivity index is 4.07. The number of ether oxygens (including phenoxy) is 2. The highest BCUT2D eigenvalue weighted by molar-refractivity contribution is 7.46. The molecule has 0 saturated carbocycles. The number of hydrogen-bond donors (Lipinski definition) is 2. The second-order valence-corrected chi connectivity index (χ2v) is 13.8. The minimum absolute atomic E-state index is 0.173. The lowest BCUT2D eigenvalue weighted by Gasteiger charge is -2.18. The van der Waals surface area contributed by atoms with Crippen molar-refractivity contribution in [2.75, 3.05) is 13.2 Å². The third-order valence-corrected chi connectivity index (χ3v) is 8.31. The summed E-state index contributed by atoms with van der Waals surface area (Å²) in [5, 5.41) is 0. The Labute approximate surface area is 293 Å². The minimum Gasteiger partial charge on any atom is -0.462 e. The van der Waals surface area contributed by atoms with E-state index in [9.17, 15) is 14.2 Å². The van der Waals surface area contributed by atoms with Crippen LogP contribution in [0.1, 0.15) is 168 Å². The van der Waals surface area contributed by atoms with Gasteiger partial charge in [-0.15, -0.1) is 0 Å². The molecule has 0 unspecified atom stereocenters. The second kappa shape index (κ2) is 34.9. The Hall–Kier alpha value is -1.99. The highest BCUT2D eigenvalue weighted by atomic mass is 31.2. The zero-order valence-electron chi connectivity index (χ0n) is 30.4. The third-order valence-electron chi connectivity index (χ3n) is 7.82. The molecule has 0 aliphatic carbocycles. The van der Waals surface area contributed by atoms with Crippen LogP contribution in [0.15, 0.2) is 48.6 Å². The molecule has 0 aromatic rings. The van der Waals surface area contributed by atoms with Crippen LogP contribution in [0.3, 0.4) is 0 Å². The normalized spacial score (nSPS) is 13.0. The highest BCUT2D eigenvalue weighted by Gasteiger charge is 2.22. The molecule has 48 heavy (non-hydrogen) atoms. The van der Waals surface area contributed by atoms with Crippen molar-refractivity contribution in [3.8, 4) is 0 Å². The molecular formula is C39H69O8P. The maximum atomic E-state index is 12.3. The van der Waals surface area contributed by atoms with Crippen LogP contribution in [0, 0.1) is 0 Å². The molecule has 0 aromatic heterocycles. The molecule has 0 rings (SSSR count). The molecule has 8 nitrogen and oxygen atoms in total. The number of carbonyl (C=O) groups is 2. The Morgan fingerprint density at radius 2 is 0.938 bits per heavy atom. The molecule has 0 saturated heterocycles. The van der Waals surface area contributed by atoms with E-state index in [1.54, 1.807) is 0 Å². The molecule has 0 bridgehead atoms. The molecule has 0 aromatic carbocycles. The van der Waals surface area contributed by atoms with Crippen LogP contribution in [0.25, 0.3) is 0 Å². The first-order chi connectivity index (χ1) is 23.3. The van der Waals surface area contributed by atoms with Crippen LogP contribution < -0.4 is 0 Å². The fourth-order valence-electron chi connectivity index (χ4n) is 4.96. The summed E-state index contributed by atoms with van der Waals surface area (Å²) in [6.45, 7) is 3.59. The molecule has 1 atom stereocenters. The Bertz CT molecular complexity index is 921. The molecular weight excluding hydrogens is 627 g/mol. The summed E-state index contributed by atoms with van der Waals surface area (Å²) in [7, 11) is -4.76. The monoisotopic (exact) mass is 696 g/mol. The standard InChI is InChI=1S/C39H69O8P/c1-3-5-7-9-11-13-15-17-19-21-23-25-27-29-31-33-38(40)45-35-37(36-46-48(42,43)44)47-39(41)34-32-30-28-26-24-22-20-18-16-14-12-10-8-6-4-2/h11,13,17,19,23-26,37H,3-10,12,14-16,18,20-22,27-36H2,1-2H3,(H2,42,43,44)/b13-11+,19-17+,25-23+,26-24+/t37-/m1/s1. The number of phosphoric ester groups is 1. The van der Waals surface area contributed by atoms with E-state index in [0.29, 0.717) is 12.8 Å². The van der Waals surface area contributed by atoms with E-state index in [1.807, 2.05) is 0 Å². The van der Waals surface area contributed by atoms with Crippen molar-refractivity contribution in [2.24, 2.45) is 0 Å². The van der Waals surface area contributed by atoms with Crippen LogP contribution >= 0.6 is 7.82 Å². The molecule has 0 aliphatic rings. The molecule has 278 valence electrons.